The molecule has 1 N–H and O–H groups in total. The van der Waals surface area contributed by atoms with Crippen molar-refractivity contribution in [1.82, 2.24) is 15.1 Å². The Morgan fingerprint density at radius 2 is 1.90 bits per heavy atom. The maximum atomic E-state index is 3.63. The first-order chi connectivity index (χ1) is 10.2. The molecule has 0 radical (unpaired) electrons. The Morgan fingerprint density at radius 3 is 2.62 bits per heavy atom. The Kier molecular flexibility index (Phi) is 4.94. The SMILES string of the molecule is CC1CN(C)CCN1Cc1ccccc1CCNC1CC1. The minimum atomic E-state index is 0.654. The van der Waals surface area contributed by atoms with Gasteiger partial charge < -0.3 is 10.2 Å². The predicted molar refractivity (Wildman–Crippen MR) is 88.5 cm³/mol. The summed E-state index contributed by atoms with van der Waals surface area (Å²) in [6.07, 6.45) is 3.91. The van der Waals surface area contributed by atoms with E-state index in [1.807, 2.05) is 0 Å². The summed E-state index contributed by atoms with van der Waals surface area (Å²) >= 11 is 0. The lowest BCUT2D eigenvalue weighted by Crippen LogP contribution is -2.49. The van der Waals surface area contributed by atoms with Gasteiger partial charge in [-0.05, 0) is 50.9 Å². The molecule has 0 amide bonds. The highest BCUT2D eigenvalue weighted by molar-refractivity contribution is 5.27. The zero-order chi connectivity index (χ0) is 14.7. The van der Waals surface area contributed by atoms with E-state index < -0.39 is 0 Å². The van der Waals surface area contributed by atoms with Crippen LogP contribution in [-0.4, -0.2) is 55.1 Å². The van der Waals surface area contributed by atoms with Crippen molar-refractivity contribution >= 4 is 0 Å². The molecule has 3 heteroatoms. The fourth-order valence-corrected chi connectivity index (χ4v) is 3.29. The van der Waals surface area contributed by atoms with Crippen LogP contribution in [0, 0.1) is 0 Å². The molecule has 1 heterocycles. The third-order valence-corrected chi connectivity index (χ3v) is 4.86. The second-order valence-corrected chi connectivity index (χ2v) is 6.83. The van der Waals surface area contributed by atoms with E-state index in [1.54, 1.807) is 0 Å². The van der Waals surface area contributed by atoms with Crippen LogP contribution in [0.15, 0.2) is 24.3 Å². The molecule has 0 aromatic heterocycles. The molecule has 21 heavy (non-hydrogen) atoms. The van der Waals surface area contributed by atoms with Crippen LogP contribution in [-0.2, 0) is 13.0 Å². The van der Waals surface area contributed by atoms with Crippen molar-refractivity contribution in [2.24, 2.45) is 0 Å². The third kappa shape index (κ3) is 4.29. The van der Waals surface area contributed by atoms with Crippen molar-refractivity contribution in [1.29, 1.82) is 0 Å². The number of rotatable bonds is 6. The number of nitrogens with zero attached hydrogens (tertiary/aromatic N) is 2. The normalized spacial score (nSPS) is 24.4. The number of benzene rings is 1. The molecule has 0 spiro atoms. The van der Waals surface area contributed by atoms with Crippen LogP contribution >= 0.6 is 0 Å². The number of hydrogen-bond acceptors (Lipinski definition) is 3. The summed E-state index contributed by atoms with van der Waals surface area (Å²) in [7, 11) is 2.23. The summed E-state index contributed by atoms with van der Waals surface area (Å²) in [5, 5.41) is 3.63. The van der Waals surface area contributed by atoms with Crippen molar-refractivity contribution in [2.45, 2.75) is 44.8 Å². The quantitative estimate of drug-likeness (QED) is 0.864. The van der Waals surface area contributed by atoms with Crippen molar-refractivity contribution in [2.75, 3.05) is 33.2 Å². The lowest BCUT2D eigenvalue weighted by molar-refractivity contribution is 0.0936. The van der Waals surface area contributed by atoms with Gasteiger partial charge in [0.05, 0.1) is 0 Å². The number of piperazine rings is 1. The van der Waals surface area contributed by atoms with Crippen molar-refractivity contribution in [3.8, 4) is 0 Å². The molecule has 0 bridgehead atoms. The smallest absolute Gasteiger partial charge is 0.0240 e. The maximum absolute atomic E-state index is 3.63. The molecule has 2 aliphatic rings. The lowest BCUT2D eigenvalue weighted by Gasteiger charge is -2.38. The summed E-state index contributed by atoms with van der Waals surface area (Å²) in [6, 6.07) is 10.5. The van der Waals surface area contributed by atoms with Gasteiger partial charge in [-0.15, -0.1) is 0 Å². The molecular formula is C18H29N3. The molecule has 116 valence electrons. The van der Waals surface area contributed by atoms with Crippen LogP contribution in [0.4, 0.5) is 0 Å². The Morgan fingerprint density at radius 1 is 1.14 bits per heavy atom. The highest BCUT2D eigenvalue weighted by Gasteiger charge is 2.22. The predicted octanol–water partition coefficient (Wildman–Crippen LogP) is 2.12. The van der Waals surface area contributed by atoms with E-state index >= 15 is 0 Å². The Bertz CT molecular complexity index is 456. The fraction of sp³-hybridized carbons (Fsp3) is 0.667. The molecule has 3 rings (SSSR count). The largest absolute Gasteiger partial charge is 0.314 e. The van der Waals surface area contributed by atoms with Gasteiger partial charge >= 0.3 is 0 Å². The zero-order valence-electron chi connectivity index (χ0n) is 13.5. The van der Waals surface area contributed by atoms with Crippen LogP contribution in [0.3, 0.4) is 0 Å². The van der Waals surface area contributed by atoms with E-state index in [0.717, 1.165) is 25.6 Å². The van der Waals surface area contributed by atoms with Gasteiger partial charge in [0, 0.05) is 38.3 Å². The monoisotopic (exact) mass is 287 g/mol. The van der Waals surface area contributed by atoms with Gasteiger partial charge in [-0.2, -0.15) is 0 Å². The van der Waals surface area contributed by atoms with Crippen molar-refractivity contribution < 1.29 is 0 Å². The molecule has 1 aromatic carbocycles. The fourth-order valence-electron chi connectivity index (χ4n) is 3.29. The number of hydrogen-bond donors (Lipinski definition) is 1. The van der Waals surface area contributed by atoms with Gasteiger partial charge in [0.1, 0.15) is 0 Å². The zero-order valence-corrected chi connectivity index (χ0v) is 13.5. The van der Waals surface area contributed by atoms with E-state index in [2.05, 4.69) is 53.4 Å². The van der Waals surface area contributed by atoms with E-state index in [4.69, 9.17) is 0 Å². The van der Waals surface area contributed by atoms with Crippen LogP contribution in [0.5, 0.6) is 0 Å². The standard InChI is InChI=1S/C18H29N3/c1-15-13-20(2)11-12-21(15)14-17-6-4-3-5-16(17)9-10-19-18-7-8-18/h3-6,15,18-19H,7-14H2,1-2H3. The Hall–Kier alpha value is -0.900. The molecule has 1 saturated carbocycles. The third-order valence-electron chi connectivity index (χ3n) is 4.86. The van der Waals surface area contributed by atoms with Crippen LogP contribution in [0.25, 0.3) is 0 Å². The summed E-state index contributed by atoms with van der Waals surface area (Å²) in [4.78, 5) is 5.07. The molecule has 1 aliphatic carbocycles. The lowest BCUT2D eigenvalue weighted by atomic mass is 10.0. The van der Waals surface area contributed by atoms with Gasteiger partial charge in [-0.25, -0.2) is 0 Å². The molecule has 1 atom stereocenters. The molecule has 1 aliphatic heterocycles. The summed E-state index contributed by atoms with van der Waals surface area (Å²) in [6.45, 7) is 8.15. The first-order valence-corrected chi connectivity index (χ1v) is 8.45. The minimum Gasteiger partial charge on any atom is -0.314 e. The van der Waals surface area contributed by atoms with Gasteiger partial charge in [0.15, 0.2) is 0 Å². The van der Waals surface area contributed by atoms with Gasteiger partial charge in [-0.3, -0.25) is 4.90 Å². The van der Waals surface area contributed by atoms with E-state index in [9.17, 15) is 0 Å². The van der Waals surface area contributed by atoms with Crippen molar-refractivity contribution in [3.63, 3.8) is 0 Å². The first kappa shape index (κ1) is 15.0. The highest BCUT2D eigenvalue weighted by atomic mass is 15.3. The number of likely N-dealkylation sites (N-methyl/N-ethyl adjacent to an activating group) is 1. The second kappa shape index (κ2) is 6.91. The van der Waals surface area contributed by atoms with Gasteiger partial charge in [-0.1, -0.05) is 24.3 Å². The molecule has 2 fully saturated rings. The molecule has 1 unspecified atom stereocenters. The highest BCUT2D eigenvalue weighted by Crippen LogP contribution is 2.19. The van der Waals surface area contributed by atoms with Crippen LogP contribution in [0.2, 0.25) is 0 Å². The first-order valence-electron chi connectivity index (χ1n) is 8.45. The van der Waals surface area contributed by atoms with E-state index in [-0.39, 0.29) is 0 Å². The van der Waals surface area contributed by atoms with Gasteiger partial charge in [0.25, 0.3) is 0 Å². The minimum absolute atomic E-state index is 0.654. The molecule has 1 aromatic rings. The van der Waals surface area contributed by atoms with Crippen LogP contribution in [0.1, 0.15) is 30.9 Å². The van der Waals surface area contributed by atoms with E-state index in [1.165, 1.54) is 43.6 Å². The average Bonchev–Trinajstić information content (AvgIpc) is 3.28. The summed E-state index contributed by atoms with van der Waals surface area (Å²) in [5.41, 5.74) is 3.04. The van der Waals surface area contributed by atoms with Gasteiger partial charge in [0.2, 0.25) is 0 Å². The maximum Gasteiger partial charge on any atom is 0.0240 e. The molecule has 3 nitrogen and oxygen atoms in total. The Balaban J connectivity index is 1.58. The van der Waals surface area contributed by atoms with Crippen molar-refractivity contribution in [3.05, 3.63) is 35.4 Å². The molecule has 1 saturated heterocycles. The Labute approximate surface area is 129 Å². The summed E-state index contributed by atoms with van der Waals surface area (Å²) in [5.74, 6) is 0. The average molecular weight is 287 g/mol. The van der Waals surface area contributed by atoms with Crippen LogP contribution < -0.4 is 5.32 Å². The number of nitrogens with one attached hydrogen (secondary N) is 1. The topological polar surface area (TPSA) is 18.5 Å². The summed E-state index contributed by atoms with van der Waals surface area (Å²) < 4.78 is 0. The molecular weight excluding hydrogens is 258 g/mol. The van der Waals surface area contributed by atoms with E-state index in [0.29, 0.717) is 6.04 Å². The second-order valence-electron chi connectivity index (χ2n) is 6.83.